The minimum Gasteiger partial charge on any atom is -0.371 e. The molecule has 2 fully saturated rings. The van der Waals surface area contributed by atoms with Gasteiger partial charge in [0.1, 0.15) is 0 Å². The smallest absolute Gasteiger partial charge is 0.0372 e. The van der Waals surface area contributed by atoms with Crippen LogP contribution in [0.4, 0.5) is 5.69 Å². The van der Waals surface area contributed by atoms with Gasteiger partial charge in [0.05, 0.1) is 0 Å². The summed E-state index contributed by atoms with van der Waals surface area (Å²) in [5.41, 5.74) is 4.02. The van der Waals surface area contributed by atoms with Crippen LogP contribution in [-0.4, -0.2) is 13.1 Å². The molecule has 4 rings (SSSR count). The van der Waals surface area contributed by atoms with Crippen LogP contribution in [-0.2, 0) is 0 Å². The first-order valence-corrected chi connectivity index (χ1v) is 7.23. The highest BCUT2D eigenvalue weighted by atomic mass is 15.2. The van der Waals surface area contributed by atoms with E-state index in [1.54, 1.807) is 0 Å². The third-order valence-electron chi connectivity index (χ3n) is 4.94. The van der Waals surface area contributed by atoms with E-state index in [4.69, 9.17) is 0 Å². The predicted molar refractivity (Wildman–Crippen MR) is 80.2 cm³/mol. The van der Waals surface area contributed by atoms with Crippen molar-refractivity contribution < 1.29 is 0 Å². The molecule has 1 heterocycles. The van der Waals surface area contributed by atoms with Gasteiger partial charge in [-0.1, -0.05) is 49.4 Å². The van der Waals surface area contributed by atoms with Crippen LogP contribution in [0.1, 0.15) is 6.92 Å². The summed E-state index contributed by atoms with van der Waals surface area (Å²) < 4.78 is 0. The molecule has 1 nitrogen and oxygen atoms in total. The normalized spacial score (nSPS) is 28.3. The van der Waals surface area contributed by atoms with Crippen LogP contribution in [0.15, 0.2) is 54.6 Å². The minimum absolute atomic E-state index is 0.959. The molecule has 1 saturated heterocycles. The Kier molecular flexibility index (Phi) is 2.41. The Morgan fingerprint density at radius 1 is 0.842 bits per heavy atom. The van der Waals surface area contributed by atoms with E-state index in [1.165, 1.54) is 29.9 Å². The number of rotatable bonds is 2. The molecule has 2 aromatic rings. The fourth-order valence-corrected chi connectivity index (χ4v) is 3.55. The lowest BCUT2D eigenvalue weighted by Crippen LogP contribution is -2.23. The van der Waals surface area contributed by atoms with Crippen LogP contribution in [0, 0.1) is 17.8 Å². The fourth-order valence-electron chi connectivity index (χ4n) is 3.55. The van der Waals surface area contributed by atoms with Gasteiger partial charge in [-0.3, -0.25) is 0 Å². The van der Waals surface area contributed by atoms with Crippen molar-refractivity contribution in [1.82, 2.24) is 0 Å². The van der Waals surface area contributed by atoms with E-state index in [0.29, 0.717) is 0 Å². The van der Waals surface area contributed by atoms with E-state index >= 15 is 0 Å². The van der Waals surface area contributed by atoms with Gasteiger partial charge >= 0.3 is 0 Å². The van der Waals surface area contributed by atoms with Gasteiger partial charge in [0.2, 0.25) is 0 Å². The zero-order chi connectivity index (χ0) is 12.8. The molecule has 1 saturated carbocycles. The summed E-state index contributed by atoms with van der Waals surface area (Å²) >= 11 is 0. The molecule has 1 heteroatoms. The Bertz CT molecular complexity index is 578. The second-order valence-corrected chi connectivity index (χ2v) is 6.01. The molecule has 1 aliphatic heterocycles. The number of benzene rings is 2. The number of anilines is 1. The first kappa shape index (κ1) is 11.1. The second-order valence-electron chi connectivity index (χ2n) is 6.01. The van der Waals surface area contributed by atoms with Gasteiger partial charge in [-0.05, 0) is 41.0 Å². The molecule has 0 bridgehead atoms. The van der Waals surface area contributed by atoms with Crippen LogP contribution in [0.5, 0.6) is 0 Å². The standard InChI is InChI=1S/C18H19N/c1-13-17-11-19(12-18(13)17)16-9-5-8-15(10-16)14-6-3-2-4-7-14/h2-10,13,17-18H,11-12H2,1H3. The summed E-state index contributed by atoms with van der Waals surface area (Å²) in [5, 5.41) is 0. The minimum atomic E-state index is 0.959. The highest BCUT2D eigenvalue weighted by Gasteiger charge is 2.52. The van der Waals surface area contributed by atoms with Gasteiger partial charge in [0.25, 0.3) is 0 Å². The van der Waals surface area contributed by atoms with Crippen LogP contribution in [0.2, 0.25) is 0 Å². The molecule has 0 spiro atoms. The Morgan fingerprint density at radius 2 is 1.53 bits per heavy atom. The van der Waals surface area contributed by atoms with Gasteiger partial charge < -0.3 is 4.90 Å². The van der Waals surface area contributed by atoms with Crippen molar-refractivity contribution in [1.29, 1.82) is 0 Å². The fraction of sp³-hybridized carbons (Fsp3) is 0.333. The van der Waals surface area contributed by atoms with E-state index in [0.717, 1.165) is 17.8 Å². The molecule has 2 unspecified atom stereocenters. The predicted octanol–water partition coefficient (Wildman–Crippen LogP) is 4.06. The summed E-state index contributed by atoms with van der Waals surface area (Å²) in [4.78, 5) is 2.56. The van der Waals surface area contributed by atoms with Gasteiger partial charge in [0.15, 0.2) is 0 Å². The van der Waals surface area contributed by atoms with Gasteiger partial charge in [-0.15, -0.1) is 0 Å². The number of nitrogens with zero attached hydrogens (tertiary/aromatic N) is 1. The quantitative estimate of drug-likeness (QED) is 0.776. The maximum absolute atomic E-state index is 2.56. The highest BCUT2D eigenvalue weighted by Crippen LogP contribution is 2.52. The van der Waals surface area contributed by atoms with Crippen molar-refractivity contribution >= 4 is 5.69 Å². The first-order valence-electron chi connectivity index (χ1n) is 7.23. The van der Waals surface area contributed by atoms with Gasteiger partial charge in [-0.2, -0.15) is 0 Å². The molecule has 0 amide bonds. The molecule has 19 heavy (non-hydrogen) atoms. The molecule has 0 N–H and O–H groups in total. The average Bonchev–Trinajstić information content (AvgIpc) is 2.91. The van der Waals surface area contributed by atoms with Crippen LogP contribution in [0.25, 0.3) is 11.1 Å². The average molecular weight is 249 g/mol. The Hall–Kier alpha value is -1.76. The molecular formula is C18H19N. The largest absolute Gasteiger partial charge is 0.371 e. The van der Waals surface area contributed by atoms with Crippen molar-refractivity contribution in [3.8, 4) is 11.1 Å². The zero-order valence-electron chi connectivity index (χ0n) is 11.3. The number of hydrogen-bond donors (Lipinski definition) is 0. The van der Waals surface area contributed by atoms with E-state index in [2.05, 4.69) is 66.4 Å². The molecular weight excluding hydrogens is 230 g/mol. The molecule has 0 radical (unpaired) electrons. The van der Waals surface area contributed by atoms with E-state index in [1.807, 2.05) is 0 Å². The van der Waals surface area contributed by atoms with Crippen LogP contribution >= 0.6 is 0 Å². The van der Waals surface area contributed by atoms with Crippen molar-refractivity contribution in [2.75, 3.05) is 18.0 Å². The summed E-state index contributed by atoms with van der Waals surface area (Å²) in [6.07, 6.45) is 0. The second kappa shape index (κ2) is 4.12. The third-order valence-corrected chi connectivity index (χ3v) is 4.94. The molecule has 0 aromatic heterocycles. The summed E-state index contributed by atoms with van der Waals surface area (Å²) in [5.74, 6) is 2.88. The summed E-state index contributed by atoms with van der Waals surface area (Å²) in [6, 6.07) is 19.6. The number of hydrogen-bond acceptors (Lipinski definition) is 1. The zero-order valence-corrected chi connectivity index (χ0v) is 11.3. The van der Waals surface area contributed by atoms with Crippen molar-refractivity contribution in [2.45, 2.75) is 6.92 Å². The molecule has 2 aromatic carbocycles. The SMILES string of the molecule is CC1C2CN(c3cccc(-c4ccccc4)c3)CC12. The maximum atomic E-state index is 2.56. The summed E-state index contributed by atoms with van der Waals surface area (Å²) in [7, 11) is 0. The number of fused-ring (bicyclic) bond motifs is 1. The lowest BCUT2D eigenvalue weighted by atomic mass is 10.0. The molecule has 1 aliphatic carbocycles. The third kappa shape index (κ3) is 1.85. The number of piperidine rings is 1. The molecule has 96 valence electrons. The molecule has 2 aliphatic rings. The first-order chi connectivity index (χ1) is 9.33. The lowest BCUT2D eigenvalue weighted by Gasteiger charge is -2.22. The highest BCUT2D eigenvalue weighted by molar-refractivity contribution is 5.68. The van der Waals surface area contributed by atoms with Crippen molar-refractivity contribution in [3.63, 3.8) is 0 Å². The Balaban J connectivity index is 1.61. The van der Waals surface area contributed by atoms with Crippen molar-refractivity contribution in [3.05, 3.63) is 54.6 Å². The van der Waals surface area contributed by atoms with E-state index in [9.17, 15) is 0 Å². The van der Waals surface area contributed by atoms with Crippen LogP contribution < -0.4 is 4.90 Å². The molecule has 2 atom stereocenters. The Labute approximate surface area is 114 Å². The van der Waals surface area contributed by atoms with Gasteiger partial charge in [-0.25, -0.2) is 0 Å². The topological polar surface area (TPSA) is 3.24 Å². The van der Waals surface area contributed by atoms with E-state index < -0.39 is 0 Å². The van der Waals surface area contributed by atoms with Crippen LogP contribution in [0.3, 0.4) is 0 Å². The maximum Gasteiger partial charge on any atom is 0.0372 e. The van der Waals surface area contributed by atoms with Gasteiger partial charge in [0, 0.05) is 18.8 Å². The lowest BCUT2D eigenvalue weighted by molar-refractivity contribution is 0.690. The monoisotopic (exact) mass is 249 g/mol. The van der Waals surface area contributed by atoms with E-state index in [-0.39, 0.29) is 0 Å². The summed E-state index contributed by atoms with van der Waals surface area (Å²) in [6.45, 7) is 4.90. The Morgan fingerprint density at radius 3 is 2.26 bits per heavy atom. The van der Waals surface area contributed by atoms with Crippen molar-refractivity contribution in [2.24, 2.45) is 17.8 Å².